The lowest BCUT2D eigenvalue weighted by molar-refractivity contribution is -0.124. The van der Waals surface area contributed by atoms with Crippen molar-refractivity contribution in [1.82, 2.24) is 25.5 Å². The minimum Gasteiger partial charge on any atom is -0.381 e. The first-order valence-corrected chi connectivity index (χ1v) is 12.9. The van der Waals surface area contributed by atoms with E-state index in [4.69, 9.17) is 4.74 Å². The molecule has 1 aliphatic carbocycles. The first-order valence-electron chi connectivity index (χ1n) is 12.9. The average molecular weight is 496 g/mol. The third-order valence-corrected chi connectivity index (χ3v) is 7.85. The van der Waals surface area contributed by atoms with E-state index in [-0.39, 0.29) is 23.6 Å². The molecule has 1 spiro atoms. The number of carbonyl (C=O) groups excluding carboxylic acids is 3. The fourth-order valence-electron chi connectivity index (χ4n) is 5.79. The summed E-state index contributed by atoms with van der Waals surface area (Å²) in [5.41, 5.74) is 1.69. The van der Waals surface area contributed by atoms with Gasteiger partial charge in [0.05, 0.1) is 5.41 Å². The van der Waals surface area contributed by atoms with Crippen molar-refractivity contribution in [3.8, 4) is 0 Å². The van der Waals surface area contributed by atoms with Crippen LogP contribution in [0.2, 0.25) is 0 Å². The number of hydrogen-bond acceptors (Lipinski definition) is 7. The Kier molecular flexibility index (Phi) is 6.99. The maximum atomic E-state index is 13.6. The molecule has 2 aromatic rings. The third-order valence-electron chi connectivity index (χ3n) is 7.85. The number of amides is 3. The van der Waals surface area contributed by atoms with E-state index in [1.165, 1.54) is 11.1 Å². The van der Waals surface area contributed by atoms with Crippen molar-refractivity contribution in [1.29, 1.82) is 0 Å². The van der Waals surface area contributed by atoms with Crippen molar-refractivity contribution in [3.05, 3.63) is 29.6 Å². The van der Waals surface area contributed by atoms with Crippen LogP contribution >= 0.6 is 0 Å². The molecule has 1 saturated heterocycles. The molecule has 1 atom stereocenters. The summed E-state index contributed by atoms with van der Waals surface area (Å²) in [6.07, 6.45) is 8.51. The summed E-state index contributed by atoms with van der Waals surface area (Å²) in [5, 5.41) is 19.9. The van der Waals surface area contributed by atoms with E-state index in [1.807, 2.05) is 12.1 Å². The van der Waals surface area contributed by atoms with Crippen LogP contribution in [0.4, 0.5) is 11.4 Å². The molecule has 1 unspecified atom stereocenters. The van der Waals surface area contributed by atoms with E-state index >= 15 is 0 Å². The molecule has 11 nitrogen and oxygen atoms in total. The molecule has 11 heteroatoms. The Hall–Kier alpha value is -3.34. The molecule has 1 saturated carbocycles. The van der Waals surface area contributed by atoms with Gasteiger partial charge in [-0.1, -0.05) is 38.2 Å². The van der Waals surface area contributed by atoms with Crippen molar-refractivity contribution in [2.75, 3.05) is 23.8 Å². The lowest BCUT2D eigenvalue weighted by atomic mass is 9.75. The lowest BCUT2D eigenvalue weighted by Crippen LogP contribution is -2.49. The van der Waals surface area contributed by atoms with Gasteiger partial charge in [-0.2, -0.15) is 0 Å². The van der Waals surface area contributed by atoms with E-state index in [0.717, 1.165) is 49.8 Å². The second kappa shape index (κ2) is 10.3. The number of anilines is 2. The second-order valence-corrected chi connectivity index (χ2v) is 10.1. The molecular formula is C25H33N7O4. The number of nitrogens with zero attached hydrogens (tertiary/aromatic N) is 4. The summed E-state index contributed by atoms with van der Waals surface area (Å²) >= 11 is 0. The number of ether oxygens (including phenoxy) is 1. The Morgan fingerprint density at radius 2 is 1.86 bits per heavy atom. The maximum absolute atomic E-state index is 13.6. The molecule has 3 aliphatic rings. The number of rotatable bonds is 5. The molecule has 1 aromatic carbocycles. The quantitative estimate of drug-likeness (QED) is 0.578. The van der Waals surface area contributed by atoms with Crippen LogP contribution in [0.3, 0.4) is 0 Å². The molecule has 2 aliphatic heterocycles. The van der Waals surface area contributed by atoms with Crippen LogP contribution < -0.4 is 16.0 Å². The van der Waals surface area contributed by atoms with Crippen molar-refractivity contribution in [2.45, 2.75) is 69.2 Å². The number of benzene rings is 1. The van der Waals surface area contributed by atoms with Crippen LogP contribution in [0.5, 0.6) is 0 Å². The number of hydrogen-bond donors (Lipinski definition) is 3. The molecule has 0 radical (unpaired) electrons. The molecule has 3 N–H and O–H groups in total. The van der Waals surface area contributed by atoms with Crippen molar-refractivity contribution in [3.63, 3.8) is 0 Å². The minimum absolute atomic E-state index is 0.00933. The van der Waals surface area contributed by atoms with E-state index in [9.17, 15) is 14.4 Å². The molecule has 36 heavy (non-hydrogen) atoms. The van der Waals surface area contributed by atoms with Gasteiger partial charge in [-0.3, -0.25) is 14.4 Å². The SMILES string of the molecule is Cn1nnnc1C(=O)NC(C(=O)Nc1ccc2c(c1)NC(=O)C21CCOCC1)C1CCCCCCC1. The molecule has 1 aromatic heterocycles. The van der Waals surface area contributed by atoms with E-state index < -0.39 is 17.4 Å². The van der Waals surface area contributed by atoms with Gasteiger partial charge in [-0.25, -0.2) is 4.68 Å². The Balaban J connectivity index is 1.36. The third kappa shape index (κ3) is 4.71. The zero-order valence-corrected chi connectivity index (χ0v) is 20.6. The zero-order valence-electron chi connectivity index (χ0n) is 20.6. The van der Waals surface area contributed by atoms with Crippen LogP contribution in [0, 0.1) is 5.92 Å². The number of nitrogens with one attached hydrogen (secondary N) is 3. The predicted octanol–water partition coefficient (Wildman–Crippen LogP) is 2.31. The highest BCUT2D eigenvalue weighted by molar-refractivity contribution is 6.07. The number of aromatic nitrogens is 4. The van der Waals surface area contributed by atoms with Gasteiger partial charge in [0.15, 0.2) is 0 Å². The van der Waals surface area contributed by atoms with Crippen LogP contribution in [-0.4, -0.2) is 57.2 Å². The number of aryl methyl sites for hydroxylation is 1. The standard InChI is InChI=1S/C25H33N7O4/c1-32-21(29-30-31-32)23(34)28-20(16-7-5-3-2-4-6-8-16)22(33)26-17-9-10-18-19(15-17)27-24(35)25(18)11-13-36-14-12-25/h9-10,15-16,20H,2-8,11-14H2,1H3,(H,26,33)(H,27,35)(H,28,34). The fourth-order valence-corrected chi connectivity index (χ4v) is 5.79. The lowest BCUT2D eigenvalue weighted by Gasteiger charge is -2.31. The van der Waals surface area contributed by atoms with Crippen LogP contribution in [0.15, 0.2) is 18.2 Å². The van der Waals surface area contributed by atoms with Gasteiger partial charge in [0.25, 0.3) is 5.91 Å². The molecule has 0 bridgehead atoms. The van der Waals surface area contributed by atoms with E-state index in [1.54, 1.807) is 13.1 Å². The molecule has 5 rings (SSSR count). The summed E-state index contributed by atoms with van der Waals surface area (Å²) in [6.45, 7) is 1.10. The molecule has 3 heterocycles. The highest BCUT2D eigenvalue weighted by Crippen LogP contribution is 2.45. The van der Waals surface area contributed by atoms with Crippen LogP contribution in [0.25, 0.3) is 0 Å². The summed E-state index contributed by atoms with van der Waals surface area (Å²) < 4.78 is 6.77. The fraction of sp³-hybridized carbons (Fsp3) is 0.600. The van der Waals surface area contributed by atoms with Crippen molar-refractivity contribution >= 4 is 29.1 Å². The summed E-state index contributed by atoms with van der Waals surface area (Å²) in [7, 11) is 1.59. The van der Waals surface area contributed by atoms with Gasteiger partial charge in [-0.05, 0) is 59.7 Å². The monoisotopic (exact) mass is 495 g/mol. The summed E-state index contributed by atoms with van der Waals surface area (Å²) in [5.74, 6) is -0.710. The minimum atomic E-state index is -0.725. The number of fused-ring (bicyclic) bond motifs is 2. The predicted molar refractivity (Wildman–Crippen MR) is 131 cm³/mol. The second-order valence-electron chi connectivity index (χ2n) is 10.1. The average Bonchev–Trinajstić information content (AvgIpc) is 3.39. The van der Waals surface area contributed by atoms with Gasteiger partial charge >= 0.3 is 0 Å². The Labute approximate surface area is 209 Å². The smallest absolute Gasteiger partial charge is 0.291 e. The van der Waals surface area contributed by atoms with Crippen LogP contribution in [-0.2, 0) is 26.8 Å². The largest absolute Gasteiger partial charge is 0.381 e. The Morgan fingerprint density at radius 1 is 1.14 bits per heavy atom. The number of tetrazole rings is 1. The number of carbonyl (C=O) groups is 3. The zero-order chi connectivity index (χ0) is 25.1. The van der Waals surface area contributed by atoms with Crippen LogP contribution in [0.1, 0.15) is 74.0 Å². The van der Waals surface area contributed by atoms with Gasteiger partial charge in [0, 0.05) is 31.6 Å². The first-order chi connectivity index (χ1) is 17.5. The Morgan fingerprint density at radius 3 is 2.56 bits per heavy atom. The summed E-state index contributed by atoms with van der Waals surface area (Å²) in [6, 6.07) is 4.83. The summed E-state index contributed by atoms with van der Waals surface area (Å²) in [4.78, 5) is 39.4. The highest BCUT2D eigenvalue weighted by atomic mass is 16.5. The highest BCUT2D eigenvalue weighted by Gasteiger charge is 2.47. The topological polar surface area (TPSA) is 140 Å². The van der Waals surface area contributed by atoms with Gasteiger partial charge in [-0.15, -0.1) is 5.10 Å². The van der Waals surface area contributed by atoms with Crippen molar-refractivity contribution < 1.29 is 19.1 Å². The van der Waals surface area contributed by atoms with Crippen molar-refractivity contribution in [2.24, 2.45) is 13.0 Å². The molecular weight excluding hydrogens is 462 g/mol. The maximum Gasteiger partial charge on any atom is 0.291 e. The van der Waals surface area contributed by atoms with E-state index in [0.29, 0.717) is 31.7 Å². The molecule has 2 fully saturated rings. The van der Waals surface area contributed by atoms with Gasteiger partial charge in [0.2, 0.25) is 17.6 Å². The van der Waals surface area contributed by atoms with Gasteiger partial charge in [0.1, 0.15) is 6.04 Å². The Bertz CT molecular complexity index is 1130. The van der Waals surface area contributed by atoms with E-state index in [2.05, 4.69) is 31.5 Å². The normalized spacial score (nSPS) is 20.6. The molecule has 192 valence electrons. The molecule has 3 amide bonds. The first kappa shape index (κ1) is 24.4. The van der Waals surface area contributed by atoms with Gasteiger partial charge < -0.3 is 20.7 Å².